The van der Waals surface area contributed by atoms with Gasteiger partial charge in [-0.1, -0.05) is 13.8 Å². The number of anilines is 1. The van der Waals surface area contributed by atoms with Crippen LogP contribution in [0.1, 0.15) is 38.9 Å². The van der Waals surface area contributed by atoms with E-state index < -0.39 is 41.3 Å². The zero-order chi connectivity index (χ0) is 23.8. The number of nitrogen functional groups attached to an aromatic ring is 1. The summed E-state index contributed by atoms with van der Waals surface area (Å²) in [7, 11) is 0. The number of nitrogens with zero attached hydrogens (tertiary/aromatic N) is 3. The quantitative estimate of drug-likeness (QED) is 0.261. The minimum absolute atomic E-state index is 0.0410. The number of aliphatic hydroxyl groups excluding tert-OH is 2. The van der Waals surface area contributed by atoms with Gasteiger partial charge in [0.2, 0.25) is 0 Å². The van der Waals surface area contributed by atoms with E-state index in [9.17, 15) is 25.1 Å². The summed E-state index contributed by atoms with van der Waals surface area (Å²) >= 11 is 2.00. The fourth-order valence-electron chi connectivity index (χ4n) is 3.78. The molecule has 4 N–H and O–H groups in total. The van der Waals surface area contributed by atoms with E-state index >= 15 is 0 Å². The number of hydrogen-bond acceptors (Lipinski definition) is 9. The van der Waals surface area contributed by atoms with E-state index in [0.717, 1.165) is 4.57 Å². The summed E-state index contributed by atoms with van der Waals surface area (Å²) in [5, 5.41) is 31.2. The SMILES string of the molecule is CC(C)[C@@H](Oc1cn([C@@]2(C)C[C@H](O)[C@@H](CO)O2)c(=O)nc1N)c1ccc(I)cc1[N+](=O)[O-]. The van der Waals surface area contributed by atoms with Crippen LogP contribution in [0.3, 0.4) is 0 Å². The molecule has 0 unspecified atom stereocenters. The molecule has 1 fully saturated rings. The Bertz CT molecular complexity index is 1080. The minimum Gasteiger partial charge on any atom is -0.480 e. The van der Waals surface area contributed by atoms with Crippen molar-refractivity contribution in [2.45, 2.75) is 51.2 Å². The summed E-state index contributed by atoms with van der Waals surface area (Å²) in [5.41, 5.74) is 4.22. The Hall–Kier alpha value is -2.29. The topological polar surface area (TPSA) is 163 Å². The van der Waals surface area contributed by atoms with Crippen molar-refractivity contribution in [1.82, 2.24) is 9.55 Å². The predicted octanol–water partition coefficient (Wildman–Crippen LogP) is 1.93. The molecule has 3 rings (SSSR count). The standard InChI is InChI=1S/C20H25IN4O7/c1-10(2)17(12-5-4-11(21)6-13(12)25(29)30)31-15-8-24(19(28)23-18(15)22)20(3)7-14(27)16(9-26)32-20/h4-6,8,10,14,16-17,26-27H,7,9H2,1-3H3,(H2,22,23,28)/t14-,16+,17+,20+/m0/s1. The van der Waals surface area contributed by atoms with Crippen LogP contribution in [-0.4, -0.2) is 43.5 Å². The molecule has 174 valence electrons. The lowest BCUT2D eigenvalue weighted by Gasteiger charge is -2.28. The molecule has 1 aromatic carbocycles. The fourth-order valence-corrected chi connectivity index (χ4v) is 4.25. The highest BCUT2D eigenvalue weighted by molar-refractivity contribution is 14.1. The molecule has 0 aliphatic carbocycles. The first kappa shape index (κ1) is 24.4. The molecule has 1 aliphatic heterocycles. The van der Waals surface area contributed by atoms with Gasteiger partial charge in [-0.15, -0.1) is 0 Å². The van der Waals surface area contributed by atoms with Crippen molar-refractivity contribution in [1.29, 1.82) is 0 Å². The monoisotopic (exact) mass is 560 g/mol. The first-order valence-electron chi connectivity index (χ1n) is 9.93. The maximum Gasteiger partial charge on any atom is 0.352 e. The molecule has 11 nitrogen and oxygen atoms in total. The lowest BCUT2D eigenvalue weighted by atomic mass is 9.97. The smallest absolute Gasteiger partial charge is 0.352 e. The molecule has 4 atom stereocenters. The van der Waals surface area contributed by atoms with E-state index in [-0.39, 0.29) is 29.6 Å². The molecule has 1 aromatic heterocycles. The van der Waals surface area contributed by atoms with Gasteiger partial charge >= 0.3 is 5.69 Å². The van der Waals surface area contributed by atoms with Crippen molar-refractivity contribution < 1.29 is 24.6 Å². The molecule has 0 amide bonds. The number of aliphatic hydroxyl groups is 2. The molecule has 32 heavy (non-hydrogen) atoms. The largest absolute Gasteiger partial charge is 0.480 e. The average Bonchev–Trinajstić information content (AvgIpc) is 3.01. The van der Waals surface area contributed by atoms with Gasteiger partial charge in [0.25, 0.3) is 5.69 Å². The summed E-state index contributed by atoms with van der Waals surface area (Å²) in [6, 6.07) is 4.84. The van der Waals surface area contributed by atoms with Gasteiger partial charge in [-0.2, -0.15) is 4.98 Å². The average molecular weight is 560 g/mol. The maximum atomic E-state index is 12.6. The molecule has 2 heterocycles. The summed E-state index contributed by atoms with van der Waals surface area (Å²) in [4.78, 5) is 27.5. The Kier molecular flexibility index (Phi) is 7.07. The predicted molar refractivity (Wildman–Crippen MR) is 123 cm³/mol. The van der Waals surface area contributed by atoms with Crippen molar-refractivity contribution >= 4 is 34.1 Å². The van der Waals surface area contributed by atoms with Gasteiger partial charge < -0.3 is 25.4 Å². The number of nitro groups is 1. The Morgan fingerprint density at radius 1 is 1.50 bits per heavy atom. The summed E-state index contributed by atoms with van der Waals surface area (Å²) in [6.07, 6.45) is -1.22. The zero-order valence-electron chi connectivity index (χ0n) is 17.8. The highest BCUT2D eigenvalue weighted by atomic mass is 127. The first-order chi connectivity index (χ1) is 15.0. The zero-order valence-corrected chi connectivity index (χ0v) is 19.9. The number of nitrogens with two attached hydrogens (primary N) is 1. The highest BCUT2D eigenvalue weighted by Crippen LogP contribution is 2.38. The van der Waals surface area contributed by atoms with Gasteiger partial charge in [0.15, 0.2) is 11.6 Å². The van der Waals surface area contributed by atoms with Crippen molar-refractivity contribution in [2.24, 2.45) is 5.92 Å². The van der Waals surface area contributed by atoms with E-state index in [4.69, 9.17) is 15.2 Å². The maximum absolute atomic E-state index is 12.6. The van der Waals surface area contributed by atoms with Crippen molar-refractivity contribution in [3.8, 4) is 5.75 Å². The van der Waals surface area contributed by atoms with Gasteiger partial charge in [-0.3, -0.25) is 14.7 Å². The van der Waals surface area contributed by atoms with Crippen LogP contribution in [0, 0.1) is 19.6 Å². The van der Waals surface area contributed by atoms with Gasteiger partial charge in [0.05, 0.1) is 29.4 Å². The number of rotatable bonds is 7. The Labute approximate surface area is 197 Å². The Morgan fingerprint density at radius 2 is 2.19 bits per heavy atom. The van der Waals surface area contributed by atoms with Crippen molar-refractivity contribution in [2.75, 3.05) is 12.3 Å². The van der Waals surface area contributed by atoms with E-state index in [1.807, 2.05) is 36.4 Å². The van der Waals surface area contributed by atoms with Crippen LogP contribution in [-0.2, 0) is 10.5 Å². The van der Waals surface area contributed by atoms with Crippen LogP contribution in [0.25, 0.3) is 0 Å². The molecule has 0 radical (unpaired) electrons. The minimum atomic E-state index is -1.29. The lowest BCUT2D eigenvalue weighted by Crippen LogP contribution is -2.40. The van der Waals surface area contributed by atoms with Crippen LogP contribution >= 0.6 is 22.6 Å². The van der Waals surface area contributed by atoms with Crippen LogP contribution in [0.15, 0.2) is 29.2 Å². The summed E-state index contributed by atoms with van der Waals surface area (Å²) in [6.45, 7) is 4.85. The molecule has 0 saturated carbocycles. The van der Waals surface area contributed by atoms with E-state index in [1.54, 1.807) is 19.1 Å². The second-order valence-electron chi connectivity index (χ2n) is 8.17. The number of ether oxygens (including phenoxy) is 2. The number of hydrogen-bond donors (Lipinski definition) is 3. The van der Waals surface area contributed by atoms with Gasteiger partial charge in [0.1, 0.15) is 17.9 Å². The van der Waals surface area contributed by atoms with Gasteiger partial charge in [-0.25, -0.2) is 4.79 Å². The van der Waals surface area contributed by atoms with Crippen molar-refractivity contribution in [3.05, 3.63) is 54.1 Å². The number of halogens is 1. The second-order valence-corrected chi connectivity index (χ2v) is 9.42. The van der Waals surface area contributed by atoms with Gasteiger partial charge in [-0.05, 0) is 47.6 Å². The van der Waals surface area contributed by atoms with Crippen LogP contribution in [0.2, 0.25) is 0 Å². The molecule has 1 aliphatic rings. The molecule has 0 spiro atoms. The third-order valence-corrected chi connectivity index (χ3v) is 6.06. The number of nitro benzene ring substituents is 1. The summed E-state index contributed by atoms with van der Waals surface area (Å²) < 4.78 is 13.6. The highest BCUT2D eigenvalue weighted by Gasteiger charge is 2.44. The third-order valence-electron chi connectivity index (χ3n) is 5.39. The molecule has 1 saturated heterocycles. The number of benzene rings is 1. The molecular weight excluding hydrogens is 535 g/mol. The van der Waals surface area contributed by atoms with E-state index in [0.29, 0.717) is 9.13 Å². The Morgan fingerprint density at radius 3 is 2.75 bits per heavy atom. The van der Waals surface area contributed by atoms with E-state index in [1.165, 1.54) is 12.3 Å². The van der Waals surface area contributed by atoms with Crippen molar-refractivity contribution in [3.63, 3.8) is 0 Å². The fraction of sp³-hybridized carbons (Fsp3) is 0.500. The molecule has 12 heteroatoms. The second kappa shape index (κ2) is 9.29. The van der Waals surface area contributed by atoms with Crippen LogP contribution < -0.4 is 16.2 Å². The molecular formula is C20H25IN4O7. The first-order valence-corrected chi connectivity index (χ1v) is 11.0. The number of aromatic nitrogens is 2. The summed E-state index contributed by atoms with van der Waals surface area (Å²) in [5.74, 6) is -0.318. The molecule has 0 bridgehead atoms. The lowest BCUT2D eigenvalue weighted by molar-refractivity contribution is -0.386. The van der Waals surface area contributed by atoms with Crippen LogP contribution in [0.4, 0.5) is 11.5 Å². The third kappa shape index (κ3) is 4.72. The Balaban J connectivity index is 2.04. The van der Waals surface area contributed by atoms with Gasteiger partial charge in [0, 0.05) is 16.1 Å². The van der Waals surface area contributed by atoms with Crippen LogP contribution in [0.5, 0.6) is 5.75 Å². The van der Waals surface area contributed by atoms with E-state index in [2.05, 4.69) is 4.98 Å². The molecule has 2 aromatic rings. The normalized spacial score (nSPS) is 24.0.